The Morgan fingerprint density at radius 1 is 0.800 bits per heavy atom. The normalized spacial score (nSPS) is 11.9. The molecule has 88 valence electrons. The van der Waals surface area contributed by atoms with Gasteiger partial charge < -0.3 is 0 Å². The van der Waals surface area contributed by atoms with Crippen LogP contribution in [0.2, 0.25) is 0 Å². The molecule has 13 heteroatoms. The molecule has 0 aliphatic rings. The first-order chi connectivity index (χ1) is 6.54. The topological polar surface area (TPSA) is 139 Å². The molecule has 0 aromatic rings. The van der Waals surface area contributed by atoms with Gasteiger partial charge in [0, 0.05) is 0 Å². The van der Waals surface area contributed by atoms with Crippen LogP contribution in [0.1, 0.15) is 0 Å². The van der Waals surface area contributed by atoms with Gasteiger partial charge in [-0.1, -0.05) is 4.13 Å². The average Bonchev–Trinajstić information content (AvgIpc) is 1.73. The highest BCUT2D eigenvalue weighted by Crippen LogP contribution is 1.86. The molecule has 15 heavy (non-hydrogen) atoms. The highest BCUT2D eigenvalue weighted by Gasteiger charge is 2.23. The van der Waals surface area contributed by atoms with Crippen LogP contribution in [0.3, 0.4) is 0 Å². The van der Waals surface area contributed by atoms with E-state index in [1.54, 1.807) is 0 Å². The molecule has 0 aromatic heterocycles. The fourth-order valence-corrected chi connectivity index (χ4v) is 2.31. The van der Waals surface area contributed by atoms with Crippen LogP contribution in [0.25, 0.3) is 0 Å². The Labute approximate surface area is 82.2 Å². The van der Waals surface area contributed by atoms with Gasteiger partial charge >= 0.3 is 32.7 Å². The zero-order chi connectivity index (χ0) is 12.3. The van der Waals surface area contributed by atoms with Crippen LogP contribution in [0.15, 0.2) is 0 Å². The Kier molecular flexibility index (Phi) is 4.06. The molecule has 9 nitrogen and oxygen atoms in total. The summed E-state index contributed by atoms with van der Waals surface area (Å²) in [4.78, 5) is 19.2. The second-order valence-electron chi connectivity index (χ2n) is 1.84. The van der Waals surface area contributed by atoms with Crippen molar-refractivity contribution in [3.63, 3.8) is 0 Å². The number of hydrogen-bond acceptors (Lipinski definition) is 6. The number of amides is 2. The Hall–Kier alpha value is -1.34. The summed E-state index contributed by atoms with van der Waals surface area (Å²) in [6, 6.07) is 0. The summed E-state index contributed by atoms with van der Waals surface area (Å²) >= 11 is 0. The Morgan fingerprint density at radius 2 is 1.07 bits per heavy atom. The van der Waals surface area contributed by atoms with E-state index in [4.69, 9.17) is 0 Å². The van der Waals surface area contributed by atoms with E-state index < -0.39 is 32.7 Å². The fraction of sp³-hybridized carbons (Fsp3) is 0. The number of rotatable bonds is 4. The van der Waals surface area contributed by atoms with Crippen molar-refractivity contribution in [3.8, 4) is 0 Å². The lowest BCUT2D eigenvalue weighted by Gasteiger charge is -2.04. The van der Waals surface area contributed by atoms with Gasteiger partial charge in [-0.05, 0) is 0 Å². The first-order valence-corrected chi connectivity index (χ1v) is 5.74. The minimum Gasteiger partial charge on any atom is -0.233 e. The van der Waals surface area contributed by atoms with Crippen molar-refractivity contribution in [1.82, 2.24) is 13.6 Å². The molecular formula is C2H3F2N3O6S2. The van der Waals surface area contributed by atoms with Crippen LogP contribution in [-0.4, -0.2) is 29.2 Å². The SMILES string of the molecule is O=C(F)NS(=O)(=O)NS(=O)(=O)NC(=O)F. The third-order valence-corrected chi connectivity index (χ3v) is 3.26. The monoisotopic (exact) mass is 267 g/mol. The lowest BCUT2D eigenvalue weighted by molar-refractivity contribution is 0.226. The molecule has 0 aliphatic heterocycles. The molecule has 0 aromatic carbocycles. The van der Waals surface area contributed by atoms with E-state index in [0.717, 1.165) is 0 Å². The molecule has 0 atom stereocenters. The second kappa shape index (κ2) is 4.45. The predicted octanol–water partition coefficient (Wildman–Crippen LogP) is -1.58. The second-order valence-corrected chi connectivity index (χ2v) is 4.93. The third kappa shape index (κ3) is 6.69. The standard InChI is InChI=1S/C2H3F2N3O6S2/c3-1(8)5-14(10,11)7-15(12,13)6-2(4)9/h7H,(H,5,8)(H,6,9). The van der Waals surface area contributed by atoms with Crippen molar-refractivity contribution in [1.29, 1.82) is 0 Å². The van der Waals surface area contributed by atoms with Crippen molar-refractivity contribution in [2.45, 2.75) is 0 Å². The van der Waals surface area contributed by atoms with Gasteiger partial charge in [-0.2, -0.15) is 16.8 Å². The van der Waals surface area contributed by atoms with E-state index in [-0.39, 0.29) is 0 Å². The zero-order valence-electron chi connectivity index (χ0n) is 6.52. The fourth-order valence-electron chi connectivity index (χ4n) is 0.397. The summed E-state index contributed by atoms with van der Waals surface area (Å²) in [5.74, 6) is 0. The van der Waals surface area contributed by atoms with E-state index in [0.29, 0.717) is 13.6 Å². The highest BCUT2D eigenvalue weighted by atomic mass is 32.3. The molecule has 0 aliphatic carbocycles. The van der Waals surface area contributed by atoms with Crippen LogP contribution < -0.4 is 13.6 Å². The van der Waals surface area contributed by atoms with E-state index in [1.807, 2.05) is 0 Å². The summed E-state index contributed by atoms with van der Waals surface area (Å²) in [6.07, 6.45) is -5.13. The maximum Gasteiger partial charge on any atom is 0.412 e. The number of halogens is 2. The molecule has 0 heterocycles. The summed E-state index contributed by atoms with van der Waals surface area (Å²) in [5, 5.41) is 0. The largest absolute Gasteiger partial charge is 0.412 e. The number of nitrogens with one attached hydrogen (secondary N) is 3. The van der Waals surface area contributed by atoms with Crippen molar-refractivity contribution in [3.05, 3.63) is 0 Å². The minimum absolute atomic E-state index is 0.551. The van der Waals surface area contributed by atoms with Gasteiger partial charge in [-0.25, -0.2) is 19.0 Å². The molecule has 0 spiro atoms. The number of carbonyl (C=O) groups is 2. The summed E-state index contributed by atoms with van der Waals surface area (Å²) in [6.45, 7) is 0. The average molecular weight is 267 g/mol. The molecule has 0 bridgehead atoms. The molecule has 0 saturated carbocycles. The van der Waals surface area contributed by atoms with Gasteiger partial charge in [0.25, 0.3) is 0 Å². The molecule has 0 saturated heterocycles. The van der Waals surface area contributed by atoms with E-state index in [1.165, 1.54) is 0 Å². The van der Waals surface area contributed by atoms with Gasteiger partial charge in [0.15, 0.2) is 0 Å². The van der Waals surface area contributed by atoms with Crippen molar-refractivity contribution in [2.24, 2.45) is 0 Å². The van der Waals surface area contributed by atoms with Gasteiger partial charge in [-0.15, -0.1) is 8.78 Å². The van der Waals surface area contributed by atoms with E-state index in [9.17, 15) is 35.2 Å². The van der Waals surface area contributed by atoms with Crippen LogP contribution in [0, 0.1) is 0 Å². The first kappa shape index (κ1) is 13.7. The molecule has 3 N–H and O–H groups in total. The predicted molar refractivity (Wildman–Crippen MR) is 40.3 cm³/mol. The Balaban J connectivity index is 4.74. The molecule has 2 amide bonds. The van der Waals surface area contributed by atoms with Crippen LogP contribution in [0.4, 0.5) is 18.4 Å². The lowest BCUT2D eigenvalue weighted by atomic mass is 11.4. The zero-order valence-corrected chi connectivity index (χ0v) is 8.15. The summed E-state index contributed by atoms with van der Waals surface area (Å²) in [5.41, 5.74) is 0. The molecular weight excluding hydrogens is 264 g/mol. The van der Waals surface area contributed by atoms with Crippen molar-refractivity contribution < 1.29 is 35.2 Å². The van der Waals surface area contributed by atoms with Gasteiger partial charge in [0.05, 0.1) is 0 Å². The first-order valence-electron chi connectivity index (χ1n) is 2.77. The molecule has 0 unspecified atom stereocenters. The van der Waals surface area contributed by atoms with Crippen LogP contribution >= 0.6 is 0 Å². The Bertz CT molecular complexity index is 423. The van der Waals surface area contributed by atoms with Crippen LogP contribution in [-0.2, 0) is 20.4 Å². The van der Waals surface area contributed by atoms with E-state index >= 15 is 0 Å². The molecule has 0 rings (SSSR count). The lowest BCUT2D eigenvalue weighted by Crippen LogP contribution is -2.47. The van der Waals surface area contributed by atoms with Crippen molar-refractivity contribution >= 4 is 32.7 Å². The third-order valence-electron chi connectivity index (χ3n) is 0.649. The van der Waals surface area contributed by atoms with Gasteiger partial charge in [0.2, 0.25) is 0 Å². The molecule has 0 radical (unpaired) electrons. The maximum absolute atomic E-state index is 11.5. The van der Waals surface area contributed by atoms with Gasteiger partial charge in [0.1, 0.15) is 0 Å². The highest BCUT2D eigenvalue weighted by molar-refractivity contribution is 8.03. The summed E-state index contributed by atoms with van der Waals surface area (Å²) < 4.78 is 66.7. The summed E-state index contributed by atoms with van der Waals surface area (Å²) in [7, 11) is -10.2. The quantitative estimate of drug-likeness (QED) is 0.415. The maximum atomic E-state index is 11.5. The Morgan fingerprint density at radius 3 is 1.27 bits per heavy atom. The smallest absolute Gasteiger partial charge is 0.233 e. The van der Waals surface area contributed by atoms with Gasteiger partial charge in [-0.3, -0.25) is 0 Å². The minimum atomic E-state index is -5.08. The number of carbonyl (C=O) groups excluding carboxylic acids is 2. The number of hydrogen-bond donors (Lipinski definition) is 3. The van der Waals surface area contributed by atoms with E-state index in [2.05, 4.69) is 0 Å². The van der Waals surface area contributed by atoms with Crippen LogP contribution in [0.5, 0.6) is 0 Å². The molecule has 0 fully saturated rings. The van der Waals surface area contributed by atoms with Crippen molar-refractivity contribution in [2.75, 3.05) is 0 Å².